The highest BCUT2D eigenvalue weighted by Crippen LogP contribution is 2.17. The molecule has 18 heavy (non-hydrogen) atoms. The van der Waals surface area contributed by atoms with E-state index in [0.29, 0.717) is 12.2 Å². The first-order chi connectivity index (χ1) is 8.77. The van der Waals surface area contributed by atoms with Gasteiger partial charge in [-0.1, -0.05) is 42.5 Å². The van der Waals surface area contributed by atoms with Crippen LogP contribution in [0.15, 0.2) is 54.6 Å². The van der Waals surface area contributed by atoms with Crippen molar-refractivity contribution in [1.29, 1.82) is 0 Å². The molecule has 92 valence electrons. The van der Waals surface area contributed by atoms with Crippen LogP contribution in [0.5, 0.6) is 0 Å². The monoisotopic (exact) mass is 259 g/mol. The number of nitro groups is 1. The van der Waals surface area contributed by atoms with Crippen LogP contribution in [0.3, 0.4) is 0 Å². The molecule has 0 unspecified atom stereocenters. The van der Waals surface area contributed by atoms with Gasteiger partial charge in [0.05, 0.1) is 17.1 Å². The van der Waals surface area contributed by atoms with Crippen LogP contribution in [0.2, 0.25) is 0 Å². The number of nitro benzene ring substituents is 1. The third-order valence-electron chi connectivity index (χ3n) is 2.56. The SMILES string of the molecule is O=[N+]([O-])c1ccccc1CO[SiH2]c1ccccc1. The van der Waals surface area contributed by atoms with E-state index in [2.05, 4.69) is 0 Å². The highest BCUT2D eigenvalue weighted by atomic mass is 28.2. The van der Waals surface area contributed by atoms with Gasteiger partial charge in [0.15, 0.2) is 9.76 Å². The van der Waals surface area contributed by atoms with Gasteiger partial charge in [-0.2, -0.15) is 0 Å². The number of hydrogen-bond acceptors (Lipinski definition) is 3. The summed E-state index contributed by atoms with van der Waals surface area (Å²) < 4.78 is 5.63. The summed E-state index contributed by atoms with van der Waals surface area (Å²) in [4.78, 5) is 10.4. The summed E-state index contributed by atoms with van der Waals surface area (Å²) in [6.45, 7) is 0.304. The predicted molar refractivity (Wildman–Crippen MR) is 72.5 cm³/mol. The van der Waals surface area contributed by atoms with Gasteiger partial charge in [-0.25, -0.2) is 0 Å². The van der Waals surface area contributed by atoms with Crippen LogP contribution in [-0.4, -0.2) is 14.7 Å². The Morgan fingerprint density at radius 3 is 2.44 bits per heavy atom. The normalized spacial score (nSPS) is 10.9. The molecule has 4 nitrogen and oxygen atoms in total. The molecule has 0 aliphatic carbocycles. The van der Waals surface area contributed by atoms with Gasteiger partial charge in [-0.3, -0.25) is 10.1 Å². The maximum Gasteiger partial charge on any atom is 0.274 e. The molecular formula is C13H13NO3Si. The molecule has 0 N–H and O–H groups in total. The Bertz CT molecular complexity index is 531. The summed E-state index contributed by atoms with van der Waals surface area (Å²) in [5.74, 6) is 0. The van der Waals surface area contributed by atoms with E-state index in [1.807, 2.05) is 30.3 Å². The van der Waals surface area contributed by atoms with Gasteiger partial charge in [-0.15, -0.1) is 0 Å². The summed E-state index contributed by atoms with van der Waals surface area (Å²) in [5.41, 5.74) is 0.755. The molecule has 2 rings (SSSR count). The Morgan fingerprint density at radius 2 is 1.72 bits per heavy atom. The van der Waals surface area contributed by atoms with E-state index in [1.165, 1.54) is 11.3 Å². The molecule has 0 radical (unpaired) electrons. The van der Waals surface area contributed by atoms with Crippen LogP contribution in [0, 0.1) is 10.1 Å². The molecule has 5 heteroatoms. The van der Waals surface area contributed by atoms with E-state index in [1.54, 1.807) is 18.2 Å². The second-order valence-electron chi connectivity index (χ2n) is 3.86. The second-order valence-corrected chi connectivity index (χ2v) is 5.38. The van der Waals surface area contributed by atoms with Crippen molar-refractivity contribution in [3.63, 3.8) is 0 Å². The Kier molecular flexibility index (Phi) is 4.22. The topological polar surface area (TPSA) is 52.4 Å². The summed E-state index contributed by atoms with van der Waals surface area (Å²) in [6.07, 6.45) is 0. The number of benzene rings is 2. The first-order valence-corrected chi connectivity index (χ1v) is 6.90. The van der Waals surface area contributed by atoms with Crippen molar-refractivity contribution < 1.29 is 9.35 Å². The van der Waals surface area contributed by atoms with Crippen molar-refractivity contribution in [1.82, 2.24) is 0 Å². The number of rotatable bonds is 5. The maximum atomic E-state index is 10.8. The maximum absolute atomic E-state index is 10.8. The molecule has 0 atom stereocenters. The molecule has 0 saturated heterocycles. The molecule has 0 aliphatic rings. The van der Waals surface area contributed by atoms with Gasteiger partial charge < -0.3 is 4.43 Å². The zero-order valence-corrected chi connectivity index (χ0v) is 11.2. The minimum atomic E-state index is -0.818. The van der Waals surface area contributed by atoms with Crippen LogP contribution >= 0.6 is 0 Å². The zero-order chi connectivity index (χ0) is 12.8. The van der Waals surface area contributed by atoms with Crippen LogP contribution in [0.4, 0.5) is 5.69 Å². The van der Waals surface area contributed by atoms with E-state index in [9.17, 15) is 10.1 Å². The fourth-order valence-corrected chi connectivity index (χ4v) is 2.69. The molecule has 2 aromatic rings. The minimum Gasteiger partial charge on any atom is -0.414 e. The highest BCUT2D eigenvalue weighted by molar-refractivity contribution is 6.46. The van der Waals surface area contributed by atoms with Crippen molar-refractivity contribution >= 4 is 20.6 Å². The first-order valence-electron chi connectivity index (χ1n) is 5.61. The third kappa shape index (κ3) is 3.25. The molecule has 2 aromatic carbocycles. The molecule has 0 amide bonds. The zero-order valence-electron chi connectivity index (χ0n) is 9.78. The Hall–Kier alpha value is -1.98. The van der Waals surface area contributed by atoms with E-state index in [0.717, 1.165) is 0 Å². The second kappa shape index (κ2) is 6.09. The molecule has 0 aliphatic heterocycles. The van der Waals surface area contributed by atoms with Crippen molar-refractivity contribution in [3.05, 3.63) is 70.3 Å². The fourth-order valence-electron chi connectivity index (χ4n) is 1.66. The van der Waals surface area contributed by atoms with Crippen molar-refractivity contribution in [2.24, 2.45) is 0 Å². The average Bonchev–Trinajstić information content (AvgIpc) is 2.40. The van der Waals surface area contributed by atoms with Crippen LogP contribution in [0.1, 0.15) is 5.56 Å². The molecule has 0 bridgehead atoms. The first kappa shape index (κ1) is 12.5. The van der Waals surface area contributed by atoms with E-state index >= 15 is 0 Å². The van der Waals surface area contributed by atoms with Crippen LogP contribution in [0.25, 0.3) is 0 Å². The lowest BCUT2D eigenvalue weighted by atomic mass is 10.2. The summed E-state index contributed by atoms with van der Waals surface area (Å²) in [6, 6.07) is 16.6. The molecule has 0 saturated carbocycles. The quantitative estimate of drug-likeness (QED) is 0.465. The van der Waals surface area contributed by atoms with E-state index in [-0.39, 0.29) is 10.6 Å². The molecule has 0 aromatic heterocycles. The third-order valence-corrected chi connectivity index (χ3v) is 3.77. The van der Waals surface area contributed by atoms with Crippen molar-refractivity contribution in [3.8, 4) is 0 Å². The van der Waals surface area contributed by atoms with Gasteiger partial charge in [0.2, 0.25) is 0 Å². The van der Waals surface area contributed by atoms with Crippen molar-refractivity contribution in [2.45, 2.75) is 6.61 Å². The smallest absolute Gasteiger partial charge is 0.274 e. The van der Waals surface area contributed by atoms with E-state index < -0.39 is 9.76 Å². The lowest BCUT2D eigenvalue weighted by Crippen LogP contribution is -2.16. The van der Waals surface area contributed by atoms with Gasteiger partial charge in [0, 0.05) is 6.07 Å². The van der Waals surface area contributed by atoms with Crippen LogP contribution < -0.4 is 5.19 Å². The molecule has 0 fully saturated rings. The number of para-hydroxylation sites is 1. The summed E-state index contributed by atoms with van der Waals surface area (Å²) in [5, 5.41) is 12.0. The van der Waals surface area contributed by atoms with Gasteiger partial charge in [0.1, 0.15) is 0 Å². The number of nitrogens with zero attached hydrogens (tertiary/aromatic N) is 1. The van der Waals surface area contributed by atoms with Gasteiger partial charge in [0.25, 0.3) is 5.69 Å². The number of hydrogen-bond donors (Lipinski definition) is 0. The van der Waals surface area contributed by atoms with E-state index in [4.69, 9.17) is 4.43 Å². The molecule has 0 heterocycles. The van der Waals surface area contributed by atoms with Gasteiger partial charge >= 0.3 is 0 Å². The Labute approximate surface area is 107 Å². The lowest BCUT2D eigenvalue weighted by Gasteiger charge is -2.04. The average molecular weight is 259 g/mol. The standard InChI is InChI=1S/C13H13NO3Si/c15-14(16)13-9-5-4-6-11(13)10-17-18-12-7-2-1-3-8-12/h1-9H,10,18H2. The molecule has 0 spiro atoms. The van der Waals surface area contributed by atoms with Crippen molar-refractivity contribution in [2.75, 3.05) is 0 Å². The summed E-state index contributed by atoms with van der Waals surface area (Å²) in [7, 11) is -0.818. The Balaban J connectivity index is 1.97. The highest BCUT2D eigenvalue weighted by Gasteiger charge is 2.11. The van der Waals surface area contributed by atoms with Gasteiger partial charge in [-0.05, 0) is 11.3 Å². The Morgan fingerprint density at radius 1 is 1.06 bits per heavy atom. The summed E-state index contributed by atoms with van der Waals surface area (Å²) >= 11 is 0. The van der Waals surface area contributed by atoms with Crippen LogP contribution in [-0.2, 0) is 11.0 Å². The predicted octanol–water partition coefficient (Wildman–Crippen LogP) is 1.52. The minimum absolute atomic E-state index is 0.125. The fraction of sp³-hybridized carbons (Fsp3) is 0.0769. The lowest BCUT2D eigenvalue weighted by molar-refractivity contribution is -0.385. The molecular weight excluding hydrogens is 246 g/mol. The largest absolute Gasteiger partial charge is 0.414 e.